The summed E-state index contributed by atoms with van der Waals surface area (Å²) in [6.07, 6.45) is 1.17. The topological polar surface area (TPSA) is 12.0 Å². The first-order valence-electron chi connectivity index (χ1n) is 6.80. The minimum atomic E-state index is 0.403. The van der Waals surface area contributed by atoms with Crippen LogP contribution < -0.4 is 5.32 Å². The molecule has 1 saturated heterocycles. The number of aryl methyl sites for hydroxylation is 1. The van der Waals surface area contributed by atoms with Crippen LogP contribution in [0.1, 0.15) is 35.1 Å². The van der Waals surface area contributed by atoms with Gasteiger partial charge in [-0.1, -0.05) is 54.1 Å². The van der Waals surface area contributed by atoms with Gasteiger partial charge >= 0.3 is 0 Å². The molecule has 0 aliphatic carbocycles. The van der Waals surface area contributed by atoms with Crippen molar-refractivity contribution in [3.63, 3.8) is 0 Å². The van der Waals surface area contributed by atoms with Crippen LogP contribution in [0.4, 0.5) is 0 Å². The first-order valence-corrected chi connectivity index (χ1v) is 7.18. The molecule has 1 heterocycles. The Morgan fingerprint density at radius 3 is 2.58 bits per heavy atom. The minimum absolute atomic E-state index is 0.403. The van der Waals surface area contributed by atoms with Crippen LogP contribution >= 0.6 is 11.6 Å². The molecule has 0 bridgehead atoms. The summed E-state index contributed by atoms with van der Waals surface area (Å²) in [4.78, 5) is 0. The van der Waals surface area contributed by atoms with Crippen molar-refractivity contribution >= 4 is 11.6 Å². The average Bonchev–Trinajstić information content (AvgIpc) is 2.92. The van der Waals surface area contributed by atoms with E-state index in [1.807, 2.05) is 6.92 Å². The number of halogens is 1. The van der Waals surface area contributed by atoms with Crippen LogP contribution in [-0.2, 0) is 0 Å². The normalized spacial score (nSPS) is 22.6. The third-order valence-corrected chi connectivity index (χ3v) is 4.41. The Morgan fingerprint density at radius 1 is 1.05 bits per heavy atom. The molecule has 3 rings (SSSR count). The molecule has 2 atom stereocenters. The zero-order valence-electron chi connectivity index (χ0n) is 11.1. The first kappa shape index (κ1) is 12.7. The van der Waals surface area contributed by atoms with E-state index < -0.39 is 0 Å². The lowest BCUT2D eigenvalue weighted by molar-refractivity contribution is 0.578. The van der Waals surface area contributed by atoms with Crippen molar-refractivity contribution in [3.8, 4) is 0 Å². The van der Waals surface area contributed by atoms with Crippen molar-refractivity contribution in [2.45, 2.75) is 25.3 Å². The maximum atomic E-state index is 6.27. The lowest BCUT2D eigenvalue weighted by atomic mass is 9.87. The molecule has 2 heteroatoms. The second kappa shape index (κ2) is 5.36. The fourth-order valence-corrected chi connectivity index (χ4v) is 3.10. The molecule has 1 nitrogen and oxygen atoms in total. The van der Waals surface area contributed by atoms with E-state index in [0.29, 0.717) is 12.0 Å². The van der Waals surface area contributed by atoms with Gasteiger partial charge in [0.05, 0.1) is 0 Å². The molecule has 0 spiro atoms. The second-order valence-electron chi connectivity index (χ2n) is 5.25. The van der Waals surface area contributed by atoms with Crippen molar-refractivity contribution in [3.05, 3.63) is 70.2 Å². The molecule has 1 fully saturated rings. The molecule has 2 aromatic rings. The van der Waals surface area contributed by atoms with Crippen molar-refractivity contribution < 1.29 is 0 Å². The Hall–Kier alpha value is -1.31. The third-order valence-electron chi connectivity index (χ3n) is 4.00. The number of hydrogen-bond acceptors (Lipinski definition) is 1. The van der Waals surface area contributed by atoms with Gasteiger partial charge in [0.15, 0.2) is 0 Å². The fraction of sp³-hybridized carbons (Fsp3) is 0.294. The smallest absolute Gasteiger partial charge is 0.0438 e. The van der Waals surface area contributed by atoms with Crippen LogP contribution in [0.2, 0.25) is 5.02 Å². The Bertz CT molecular complexity index is 565. The molecule has 1 N–H and O–H groups in total. The van der Waals surface area contributed by atoms with Crippen molar-refractivity contribution in [1.82, 2.24) is 5.32 Å². The number of benzene rings is 2. The summed E-state index contributed by atoms with van der Waals surface area (Å²) >= 11 is 6.27. The van der Waals surface area contributed by atoms with E-state index in [2.05, 4.69) is 53.8 Å². The first-order chi connectivity index (χ1) is 9.25. The standard InChI is InChI=1S/C17H18ClN/c1-12-7-8-14(11-16(12)18)15-9-10-19-17(15)13-5-3-2-4-6-13/h2-8,11,15,17,19H,9-10H2,1H3. The largest absolute Gasteiger partial charge is 0.309 e. The highest BCUT2D eigenvalue weighted by Gasteiger charge is 2.29. The summed E-state index contributed by atoms with van der Waals surface area (Å²) in [5, 5.41) is 4.48. The van der Waals surface area contributed by atoms with E-state index >= 15 is 0 Å². The van der Waals surface area contributed by atoms with E-state index in [4.69, 9.17) is 11.6 Å². The van der Waals surface area contributed by atoms with Gasteiger partial charge in [-0.2, -0.15) is 0 Å². The summed E-state index contributed by atoms with van der Waals surface area (Å²) in [5.74, 6) is 0.514. The highest BCUT2D eigenvalue weighted by Crippen LogP contribution is 2.38. The lowest BCUT2D eigenvalue weighted by Gasteiger charge is -2.21. The Balaban J connectivity index is 1.93. The van der Waals surface area contributed by atoms with Crippen molar-refractivity contribution in [2.75, 3.05) is 6.54 Å². The van der Waals surface area contributed by atoms with E-state index in [1.54, 1.807) is 0 Å². The summed E-state index contributed by atoms with van der Waals surface area (Å²) in [6.45, 7) is 3.11. The second-order valence-corrected chi connectivity index (χ2v) is 5.65. The summed E-state index contributed by atoms with van der Waals surface area (Å²) < 4.78 is 0. The molecule has 0 amide bonds. The zero-order valence-corrected chi connectivity index (χ0v) is 11.8. The van der Waals surface area contributed by atoms with Crippen LogP contribution in [-0.4, -0.2) is 6.54 Å². The fourth-order valence-electron chi connectivity index (χ4n) is 2.91. The molecule has 98 valence electrons. The minimum Gasteiger partial charge on any atom is -0.309 e. The zero-order chi connectivity index (χ0) is 13.2. The molecule has 0 radical (unpaired) electrons. The monoisotopic (exact) mass is 271 g/mol. The molecule has 1 aliphatic rings. The van der Waals surface area contributed by atoms with Crippen LogP contribution in [0.25, 0.3) is 0 Å². The highest BCUT2D eigenvalue weighted by molar-refractivity contribution is 6.31. The van der Waals surface area contributed by atoms with Crippen LogP contribution in [0.15, 0.2) is 48.5 Å². The van der Waals surface area contributed by atoms with Gasteiger partial charge in [-0.05, 0) is 42.6 Å². The van der Waals surface area contributed by atoms with E-state index in [9.17, 15) is 0 Å². The van der Waals surface area contributed by atoms with Gasteiger partial charge in [-0.15, -0.1) is 0 Å². The van der Waals surface area contributed by atoms with Crippen molar-refractivity contribution in [1.29, 1.82) is 0 Å². The Kier molecular flexibility index (Phi) is 3.58. The van der Waals surface area contributed by atoms with Gasteiger partial charge in [0.25, 0.3) is 0 Å². The van der Waals surface area contributed by atoms with Gasteiger partial charge in [-0.25, -0.2) is 0 Å². The summed E-state index contributed by atoms with van der Waals surface area (Å²) in [7, 11) is 0. The van der Waals surface area contributed by atoms with E-state index in [0.717, 1.165) is 17.1 Å². The van der Waals surface area contributed by atoms with Crippen LogP contribution in [0, 0.1) is 6.92 Å². The molecule has 0 saturated carbocycles. The molecule has 2 aromatic carbocycles. The predicted molar refractivity (Wildman–Crippen MR) is 80.7 cm³/mol. The molecule has 2 unspecified atom stereocenters. The molecular weight excluding hydrogens is 254 g/mol. The van der Waals surface area contributed by atoms with Gasteiger partial charge < -0.3 is 5.32 Å². The van der Waals surface area contributed by atoms with Gasteiger partial charge in [-0.3, -0.25) is 0 Å². The Labute approximate surface area is 119 Å². The molecule has 19 heavy (non-hydrogen) atoms. The predicted octanol–water partition coefficient (Wildman–Crippen LogP) is 4.47. The highest BCUT2D eigenvalue weighted by atomic mass is 35.5. The number of rotatable bonds is 2. The van der Waals surface area contributed by atoms with Crippen LogP contribution in [0.5, 0.6) is 0 Å². The van der Waals surface area contributed by atoms with Gasteiger partial charge in [0.1, 0.15) is 0 Å². The van der Waals surface area contributed by atoms with E-state index in [-0.39, 0.29) is 0 Å². The molecule has 0 aromatic heterocycles. The quantitative estimate of drug-likeness (QED) is 0.850. The average molecular weight is 272 g/mol. The maximum absolute atomic E-state index is 6.27. The molecule has 1 aliphatic heterocycles. The molecular formula is C17H18ClN. The maximum Gasteiger partial charge on any atom is 0.0438 e. The van der Waals surface area contributed by atoms with Gasteiger partial charge in [0.2, 0.25) is 0 Å². The SMILES string of the molecule is Cc1ccc(C2CCNC2c2ccccc2)cc1Cl. The Morgan fingerprint density at radius 2 is 1.84 bits per heavy atom. The summed E-state index contributed by atoms with van der Waals surface area (Å²) in [5.41, 5.74) is 3.85. The van der Waals surface area contributed by atoms with E-state index in [1.165, 1.54) is 17.5 Å². The van der Waals surface area contributed by atoms with Crippen molar-refractivity contribution in [2.24, 2.45) is 0 Å². The lowest BCUT2D eigenvalue weighted by Crippen LogP contribution is -2.16. The van der Waals surface area contributed by atoms with Gasteiger partial charge in [0, 0.05) is 17.0 Å². The number of hydrogen-bond donors (Lipinski definition) is 1. The number of nitrogens with one attached hydrogen (secondary N) is 1. The van der Waals surface area contributed by atoms with Crippen LogP contribution in [0.3, 0.4) is 0 Å². The summed E-state index contributed by atoms with van der Waals surface area (Å²) in [6, 6.07) is 17.5. The third kappa shape index (κ3) is 2.54.